The average molecular weight is 391 g/mol. The van der Waals surface area contributed by atoms with E-state index in [0.717, 1.165) is 15.2 Å². The van der Waals surface area contributed by atoms with Crippen molar-refractivity contribution in [2.75, 3.05) is 13.7 Å². The van der Waals surface area contributed by atoms with Crippen LogP contribution in [0, 0.1) is 0 Å². The first-order valence-electron chi connectivity index (χ1n) is 7.68. The number of ether oxygens (including phenoxy) is 1. The van der Waals surface area contributed by atoms with Gasteiger partial charge in [0.1, 0.15) is 16.3 Å². The molecular formula is C18H15ClN2O4S. The van der Waals surface area contributed by atoms with Crippen molar-refractivity contribution in [2.24, 2.45) is 0 Å². The normalized spacial score (nSPS) is 10.7. The maximum Gasteiger partial charge on any atom is 0.342 e. The third-order valence-electron chi connectivity index (χ3n) is 3.64. The highest BCUT2D eigenvalue weighted by atomic mass is 35.5. The predicted molar refractivity (Wildman–Crippen MR) is 99.5 cm³/mol. The van der Waals surface area contributed by atoms with Crippen LogP contribution < -0.4 is 0 Å². The first-order chi connectivity index (χ1) is 12.4. The molecule has 26 heavy (non-hydrogen) atoms. The van der Waals surface area contributed by atoms with E-state index in [9.17, 15) is 14.7 Å². The van der Waals surface area contributed by atoms with Crippen LogP contribution in [0.3, 0.4) is 0 Å². The Morgan fingerprint density at radius 2 is 2.04 bits per heavy atom. The Morgan fingerprint density at radius 1 is 1.27 bits per heavy atom. The van der Waals surface area contributed by atoms with Gasteiger partial charge in [-0.25, -0.2) is 9.78 Å². The van der Waals surface area contributed by atoms with Gasteiger partial charge in [0.05, 0.1) is 16.8 Å². The van der Waals surface area contributed by atoms with E-state index in [1.165, 1.54) is 34.4 Å². The van der Waals surface area contributed by atoms with Crippen molar-refractivity contribution in [3.63, 3.8) is 0 Å². The van der Waals surface area contributed by atoms with Crippen molar-refractivity contribution in [3.8, 4) is 5.75 Å². The average Bonchev–Trinajstić information content (AvgIpc) is 3.01. The van der Waals surface area contributed by atoms with Crippen LogP contribution in [0.2, 0.25) is 5.02 Å². The number of phenols is 1. The van der Waals surface area contributed by atoms with E-state index in [1.54, 1.807) is 7.05 Å². The summed E-state index contributed by atoms with van der Waals surface area (Å²) in [5.41, 5.74) is 0.842. The van der Waals surface area contributed by atoms with Crippen LogP contribution in [0.15, 0.2) is 42.5 Å². The van der Waals surface area contributed by atoms with Gasteiger partial charge in [-0.1, -0.05) is 23.7 Å². The Bertz CT molecular complexity index is 940. The fraction of sp³-hybridized carbons (Fsp3) is 0.167. The minimum Gasteiger partial charge on any atom is -0.507 e. The number of nitrogens with zero attached hydrogens (tertiary/aromatic N) is 2. The second-order valence-electron chi connectivity index (χ2n) is 5.56. The number of carbonyl (C=O) groups excluding carboxylic acids is 2. The summed E-state index contributed by atoms with van der Waals surface area (Å²) in [5, 5.41) is 10.8. The number of carbonyl (C=O) groups is 2. The summed E-state index contributed by atoms with van der Waals surface area (Å²) >= 11 is 7.23. The van der Waals surface area contributed by atoms with Crippen LogP contribution in [-0.4, -0.2) is 40.5 Å². The summed E-state index contributed by atoms with van der Waals surface area (Å²) in [7, 11) is 1.61. The Hall–Kier alpha value is -2.64. The number of benzene rings is 2. The quantitative estimate of drug-likeness (QED) is 0.675. The third kappa shape index (κ3) is 4.12. The van der Waals surface area contributed by atoms with Gasteiger partial charge < -0.3 is 14.7 Å². The van der Waals surface area contributed by atoms with Gasteiger partial charge in [0, 0.05) is 12.1 Å². The molecule has 0 radical (unpaired) electrons. The number of phenolic OH excluding ortho intramolecular Hbond substituents is 1. The molecule has 0 aliphatic carbocycles. The van der Waals surface area contributed by atoms with Crippen molar-refractivity contribution in [1.82, 2.24) is 9.88 Å². The first-order valence-corrected chi connectivity index (χ1v) is 8.87. The molecule has 0 bridgehead atoms. The molecule has 134 valence electrons. The highest BCUT2D eigenvalue weighted by Gasteiger charge is 2.17. The fourth-order valence-corrected chi connectivity index (χ4v) is 3.46. The number of para-hydroxylation sites is 1. The second-order valence-corrected chi connectivity index (χ2v) is 7.11. The number of hydrogen-bond donors (Lipinski definition) is 1. The van der Waals surface area contributed by atoms with E-state index in [0.29, 0.717) is 11.6 Å². The van der Waals surface area contributed by atoms with Gasteiger partial charge in [0.15, 0.2) is 6.61 Å². The molecule has 0 spiro atoms. The van der Waals surface area contributed by atoms with Gasteiger partial charge in [-0.2, -0.15) is 0 Å². The number of halogens is 1. The molecule has 6 nitrogen and oxygen atoms in total. The van der Waals surface area contributed by atoms with Gasteiger partial charge in [0.25, 0.3) is 5.91 Å². The molecule has 3 aromatic rings. The summed E-state index contributed by atoms with van der Waals surface area (Å²) in [5.74, 6) is -1.45. The number of rotatable bonds is 5. The zero-order valence-electron chi connectivity index (χ0n) is 13.8. The molecule has 0 atom stereocenters. The van der Waals surface area contributed by atoms with E-state index in [-0.39, 0.29) is 17.2 Å². The lowest BCUT2D eigenvalue weighted by molar-refractivity contribution is -0.133. The van der Waals surface area contributed by atoms with Crippen LogP contribution in [-0.2, 0) is 16.1 Å². The molecule has 1 heterocycles. The fourth-order valence-electron chi connectivity index (χ4n) is 2.27. The summed E-state index contributed by atoms with van der Waals surface area (Å²) in [6, 6.07) is 11.8. The molecule has 3 rings (SSSR count). The van der Waals surface area contributed by atoms with Crippen LogP contribution >= 0.6 is 22.9 Å². The Kier molecular flexibility index (Phi) is 5.39. The van der Waals surface area contributed by atoms with E-state index in [4.69, 9.17) is 16.3 Å². The molecule has 0 aliphatic rings. The SMILES string of the molecule is CN(Cc1nc2ccccc2s1)C(=O)COC(=O)c1ccc(Cl)cc1O. The topological polar surface area (TPSA) is 79.7 Å². The van der Waals surface area contributed by atoms with Gasteiger partial charge >= 0.3 is 5.97 Å². The number of hydrogen-bond acceptors (Lipinski definition) is 6. The van der Waals surface area contributed by atoms with Crippen LogP contribution in [0.5, 0.6) is 5.75 Å². The van der Waals surface area contributed by atoms with Crippen LogP contribution in [0.1, 0.15) is 15.4 Å². The Morgan fingerprint density at radius 3 is 2.77 bits per heavy atom. The maximum absolute atomic E-state index is 12.2. The molecular weight excluding hydrogens is 376 g/mol. The van der Waals surface area contributed by atoms with E-state index >= 15 is 0 Å². The lowest BCUT2D eigenvalue weighted by atomic mass is 10.2. The predicted octanol–water partition coefficient (Wildman–Crippen LogP) is 3.47. The monoisotopic (exact) mass is 390 g/mol. The molecule has 0 aliphatic heterocycles. The molecule has 0 saturated heterocycles. The van der Waals surface area contributed by atoms with Crippen molar-refractivity contribution < 1.29 is 19.4 Å². The molecule has 1 aromatic heterocycles. The van der Waals surface area contributed by atoms with Gasteiger partial charge in [-0.15, -0.1) is 11.3 Å². The van der Waals surface area contributed by atoms with E-state index < -0.39 is 12.6 Å². The highest BCUT2D eigenvalue weighted by Crippen LogP contribution is 2.23. The molecule has 0 unspecified atom stereocenters. The van der Waals surface area contributed by atoms with E-state index in [1.807, 2.05) is 24.3 Å². The Labute approximate surface area is 158 Å². The number of thiazole rings is 1. The molecule has 1 amide bonds. The van der Waals surface area contributed by atoms with Gasteiger partial charge in [0.2, 0.25) is 0 Å². The molecule has 2 aromatic carbocycles. The smallest absolute Gasteiger partial charge is 0.342 e. The largest absolute Gasteiger partial charge is 0.507 e. The van der Waals surface area contributed by atoms with Crippen LogP contribution in [0.25, 0.3) is 10.2 Å². The van der Waals surface area contributed by atoms with Crippen molar-refractivity contribution in [2.45, 2.75) is 6.54 Å². The zero-order chi connectivity index (χ0) is 18.7. The summed E-state index contributed by atoms with van der Waals surface area (Å²) in [6.07, 6.45) is 0. The number of likely N-dealkylation sites (N-methyl/N-ethyl adjacent to an activating group) is 1. The van der Waals surface area contributed by atoms with Gasteiger partial charge in [-0.3, -0.25) is 4.79 Å². The highest BCUT2D eigenvalue weighted by molar-refractivity contribution is 7.18. The van der Waals surface area contributed by atoms with Crippen molar-refractivity contribution >= 4 is 45.0 Å². The Balaban J connectivity index is 1.57. The van der Waals surface area contributed by atoms with Crippen molar-refractivity contribution in [1.29, 1.82) is 0 Å². The number of fused-ring (bicyclic) bond motifs is 1. The standard InChI is InChI=1S/C18H15ClN2O4S/c1-21(9-16-20-13-4-2-3-5-15(13)26-16)17(23)10-25-18(24)12-7-6-11(19)8-14(12)22/h2-8,22H,9-10H2,1H3. The number of esters is 1. The summed E-state index contributed by atoms with van der Waals surface area (Å²) < 4.78 is 6.03. The van der Waals surface area contributed by atoms with Crippen molar-refractivity contribution in [3.05, 3.63) is 58.1 Å². The summed E-state index contributed by atoms with van der Waals surface area (Å²) in [4.78, 5) is 30.1. The second kappa shape index (κ2) is 7.72. The lowest BCUT2D eigenvalue weighted by Gasteiger charge is -2.15. The van der Waals surface area contributed by atoms with E-state index in [2.05, 4.69) is 4.98 Å². The molecule has 0 saturated carbocycles. The minimum atomic E-state index is -0.791. The number of aromatic nitrogens is 1. The third-order valence-corrected chi connectivity index (χ3v) is 4.90. The lowest BCUT2D eigenvalue weighted by Crippen LogP contribution is -2.30. The zero-order valence-corrected chi connectivity index (χ0v) is 15.4. The minimum absolute atomic E-state index is 0.0453. The maximum atomic E-state index is 12.2. The number of aromatic hydroxyl groups is 1. The van der Waals surface area contributed by atoms with Gasteiger partial charge in [-0.05, 0) is 30.3 Å². The number of amides is 1. The molecule has 8 heteroatoms. The molecule has 0 fully saturated rings. The first kappa shape index (κ1) is 18.2. The van der Waals surface area contributed by atoms with Crippen LogP contribution in [0.4, 0.5) is 0 Å². The summed E-state index contributed by atoms with van der Waals surface area (Å²) in [6.45, 7) is -0.107. The molecule has 1 N–H and O–H groups in total.